The first-order valence-corrected chi connectivity index (χ1v) is 21.5. The van der Waals surface area contributed by atoms with Gasteiger partial charge in [-0.2, -0.15) is 0 Å². The van der Waals surface area contributed by atoms with Crippen LogP contribution in [0.5, 0.6) is 11.5 Å². The maximum absolute atomic E-state index is 14.1. The minimum absolute atomic E-state index is 0.0662. The van der Waals surface area contributed by atoms with E-state index >= 15 is 0 Å². The lowest BCUT2D eigenvalue weighted by molar-refractivity contribution is -0.277. The fourth-order valence-corrected chi connectivity index (χ4v) is 9.21. The zero-order valence-electron chi connectivity index (χ0n) is 35.7. The summed E-state index contributed by atoms with van der Waals surface area (Å²) >= 11 is 0. The van der Waals surface area contributed by atoms with Gasteiger partial charge in [0.25, 0.3) is 0 Å². The molecular weight excluding hydrogens is 900 g/mol. The average molecular weight is 949 g/mol. The number of ether oxygens (including phenoxy) is 7. The summed E-state index contributed by atoms with van der Waals surface area (Å²) in [6.45, 7) is -2.88. The van der Waals surface area contributed by atoms with Gasteiger partial charge in [0.15, 0.2) is 17.7 Å². The number of esters is 3. The van der Waals surface area contributed by atoms with E-state index in [9.17, 15) is 69.9 Å². The van der Waals surface area contributed by atoms with E-state index in [1.807, 2.05) is 0 Å². The van der Waals surface area contributed by atoms with Gasteiger partial charge in [0.1, 0.15) is 67.4 Å². The van der Waals surface area contributed by atoms with Crippen LogP contribution in [-0.2, 0) is 56.1 Å². The monoisotopic (exact) mass is 948 g/mol. The Labute approximate surface area is 385 Å². The molecule has 2 heterocycles. The van der Waals surface area contributed by atoms with Gasteiger partial charge in [-0.25, -0.2) is 14.4 Å². The molecule has 9 rings (SSSR count). The summed E-state index contributed by atoms with van der Waals surface area (Å²) in [5, 5.41) is 96.2. The van der Waals surface area contributed by atoms with E-state index in [0.29, 0.717) is 0 Å². The van der Waals surface area contributed by atoms with Crippen molar-refractivity contribution in [2.45, 2.75) is 85.8 Å². The molecule has 0 radical (unpaired) electrons. The summed E-state index contributed by atoms with van der Waals surface area (Å²) in [4.78, 5) is 68.8. The number of aliphatic hydroxyl groups excluding tert-OH is 7. The number of carbonyl (C=O) groups is 5. The second-order valence-electron chi connectivity index (χ2n) is 16.9. The maximum atomic E-state index is 14.1. The van der Waals surface area contributed by atoms with E-state index in [2.05, 4.69) is 0 Å². The molecule has 2 bridgehead atoms. The fraction of sp³-hybridized carbons (Fsp3) is 0.426. The Morgan fingerprint density at radius 3 is 1.74 bits per heavy atom. The highest BCUT2D eigenvalue weighted by atomic mass is 16.7. The highest BCUT2D eigenvalue weighted by Crippen LogP contribution is 2.55. The first-order chi connectivity index (χ1) is 32.5. The molecule has 21 nitrogen and oxygen atoms in total. The lowest BCUT2D eigenvalue weighted by Gasteiger charge is -2.54. The number of allylic oxidation sites excluding steroid dienone is 2. The van der Waals surface area contributed by atoms with Crippen LogP contribution in [0.2, 0.25) is 0 Å². The smallest absolute Gasteiger partial charge is 0.347 e. The third-order valence-corrected chi connectivity index (χ3v) is 12.9. The number of aliphatic hydroxyl groups is 9. The molecule has 16 atom stereocenters. The van der Waals surface area contributed by atoms with E-state index in [1.165, 1.54) is 78.9 Å². The Morgan fingerprint density at radius 2 is 1.13 bits per heavy atom. The molecule has 2 saturated heterocycles. The highest BCUT2D eigenvalue weighted by Gasteiger charge is 2.71. The second-order valence-corrected chi connectivity index (χ2v) is 16.9. The quantitative estimate of drug-likeness (QED) is 0.0362. The number of hydrogen-bond acceptors (Lipinski definition) is 21. The van der Waals surface area contributed by atoms with E-state index in [1.54, 1.807) is 18.2 Å². The van der Waals surface area contributed by atoms with Crippen molar-refractivity contribution < 1.29 is 103 Å². The van der Waals surface area contributed by atoms with Crippen molar-refractivity contribution in [2.75, 3.05) is 13.2 Å². The van der Waals surface area contributed by atoms with Crippen LogP contribution in [0.15, 0.2) is 103 Å². The lowest BCUT2D eigenvalue weighted by atomic mass is 9.49. The van der Waals surface area contributed by atoms with E-state index in [4.69, 9.17) is 33.2 Å². The number of Topliss-reactive ketones (excluding diaryl/α,β-unsaturated/α-hetero) is 1. The van der Waals surface area contributed by atoms with E-state index in [0.717, 1.165) is 6.08 Å². The largest absolute Gasteiger partial charge is 0.462 e. The predicted octanol–water partition coefficient (Wildman–Crippen LogP) is -2.09. The molecule has 3 aromatic carbocycles. The number of rotatable bonds is 14. The molecule has 1 saturated carbocycles. The van der Waals surface area contributed by atoms with Crippen molar-refractivity contribution in [2.24, 2.45) is 23.7 Å². The van der Waals surface area contributed by atoms with Crippen molar-refractivity contribution >= 4 is 29.5 Å². The SMILES string of the molecule is O=C(O[C@@H]1C(O)[C@@H](O)C(CO)O[C@@H]1Oc1ccccc1COC(=O)[C@@]1(O)C(=O)C=CC2C3C=CC(C21)[C@@](O)(C(=O)OCc1ccccc1O[C@H]1OC(CO)[C@H](O)C(O)[C@H]1O)C3=O)c1ccccc1. The molecule has 3 fully saturated rings. The summed E-state index contributed by atoms with van der Waals surface area (Å²) in [5.74, 6) is -12.1. The Morgan fingerprint density at radius 1 is 0.603 bits per heavy atom. The second kappa shape index (κ2) is 19.6. The summed E-state index contributed by atoms with van der Waals surface area (Å²) in [6, 6.07) is 19.4. The number of fused-ring (bicyclic) bond motifs is 1. The lowest BCUT2D eigenvalue weighted by Crippen LogP contribution is -2.72. The number of benzene rings is 3. The van der Waals surface area contributed by atoms with Gasteiger partial charge in [0.05, 0.1) is 18.8 Å². The summed E-state index contributed by atoms with van der Waals surface area (Å²) < 4.78 is 39.4. The minimum atomic E-state index is -3.10. The van der Waals surface area contributed by atoms with Crippen molar-refractivity contribution in [1.82, 2.24) is 0 Å². The molecular formula is C47H48O21. The van der Waals surface area contributed by atoms with Crippen LogP contribution in [0.25, 0.3) is 0 Å². The summed E-state index contributed by atoms with van der Waals surface area (Å²) in [6.07, 6.45) is -11.5. The van der Waals surface area contributed by atoms with Crippen LogP contribution in [0, 0.1) is 23.7 Å². The van der Waals surface area contributed by atoms with Crippen LogP contribution in [-0.4, -0.2) is 161 Å². The zero-order valence-corrected chi connectivity index (χ0v) is 35.7. The van der Waals surface area contributed by atoms with Gasteiger partial charge in [-0.15, -0.1) is 0 Å². The zero-order chi connectivity index (χ0) is 48.7. The molecule has 4 aliphatic carbocycles. The third kappa shape index (κ3) is 8.60. The van der Waals surface area contributed by atoms with Crippen LogP contribution >= 0.6 is 0 Å². The van der Waals surface area contributed by atoms with Gasteiger partial charge >= 0.3 is 17.9 Å². The molecule has 68 heavy (non-hydrogen) atoms. The Bertz CT molecular complexity index is 2440. The van der Waals surface area contributed by atoms with E-state index < -0.39 is 152 Å². The first kappa shape index (κ1) is 48.5. The molecule has 8 unspecified atom stereocenters. The minimum Gasteiger partial charge on any atom is -0.462 e. The van der Waals surface area contributed by atoms with Gasteiger partial charge in [0, 0.05) is 28.9 Å². The molecule has 362 valence electrons. The molecule has 0 amide bonds. The summed E-state index contributed by atoms with van der Waals surface area (Å²) in [5.41, 5.74) is -5.87. The van der Waals surface area contributed by atoms with Crippen LogP contribution < -0.4 is 9.47 Å². The number of carbonyl (C=O) groups excluding carboxylic acids is 5. The van der Waals surface area contributed by atoms with Gasteiger partial charge in [0.2, 0.25) is 23.8 Å². The van der Waals surface area contributed by atoms with Crippen LogP contribution in [0.3, 0.4) is 0 Å². The molecule has 0 aromatic heterocycles. The highest BCUT2D eigenvalue weighted by molar-refractivity contribution is 6.16. The fourth-order valence-electron chi connectivity index (χ4n) is 9.21. The number of ketones is 2. The van der Waals surface area contributed by atoms with Crippen LogP contribution in [0.4, 0.5) is 0 Å². The number of para-hydroxylation sites is 2. The van der Waals surface area contributed by atoms with Crippen molar-refractivity contribution in [1.29, 1.82) is 0 Å². The molecule has 2 aliphatic heterocycles. The van der Waals surface area contributed by atoms with Crippen molar-refractivity contribution in [3.8, 4) is 11.5 Å². The molecule has 3 aromatic rings. The third-order valence-electron chi connectivity index (χ3n) is 12.9. The first-order valence-electron chi connectivity index (χ1n) is 21.5. The molecule has 6 aliphatic rings. The van der Waals surface area contributed by atoms with Gasteiger partial charge in [-0.05, 0) is 36.3 Å². The topological polar surface area (TPSA) is 332 Å². The van der Waals surface area contributed by atoms with Crippen molar-refractivity contribution in [3.63, 3.8) is 0 Å². The van der Waals surface area contributed by atoms with Gasteiger partial charge in [-0.1, -0.05) is 72.8 Å². The Balaban J connectivity index is 0.989. The molecule has 21 heteroatoms. The van der Waals surface area contributed by atoms with Crippen molar-refractivity contribution in [3.05, 3.63) is 120 Å². The standard InChI is InChI=1S/C47H48O21/c48-18-30-34(51)36(53)38(55)42(66-30)64-28-12-6-4-10-23(28)20-62-44(58)46(60)27-16-14-26(40(46)56)25-15-17-32(50)47(61,33(25)27)45(59)63-21-24-11-5-7-13-29(24)65-43-39(37(54)35(52)31(19-49)67-43)68-41(57)22-8-2-1-3-9-22/h1-17,25-27,30-31,33-39,42-43,48-49,51-55,60-61H,18-21H2/t25?,26?,27?,30?,31?,33?,34-,35-,36?,37?,38+,39+,42-,43-,46-,47+/m0/s1. The maximum Gasteiger partial charge on any atom is 0.347 e. The predicted molar refractivity (Wildman–Crippen MR) is 223 cm³/mol. The average Bonchev–Trinajstić information content (AvgIpc) is 3.35. The molecule has 9 N–H and O–H groups in total. The van der Waals surface area contributed by atoms with Crippen LogP contribution in [0.1, 0.15) is 21.5 Å². The Kier molecular flexibility index (Phi) is 14.0. The van der Waals surface area contributed by atoms with Gasteiger partial charge < -0.3 is 79.1 Å². The molecule has 0 spiro atoms. The number of hydrogen-bond donors (Lipinski definition) is 9. The Hall–Kier alpha value is -5.95. The summed E-state index contributed by atoms with van der Waals surface area (Å²) in [7, 11) is 0. The van der Waals surface area contributed by atoms with E-state index in [-0.39, 0.29) is 28.2 Å². The van der Waals surface area contributed by atoms with Gasteiger partial charge in [-0.3, -0.25) is 9.59 Å². The normalized spacial score (nSPS) is 36.1.